The first-order valence-corrected chi connectivity index (χ1v) is 7.82. The van der Waals surface area contributed by atoms with E-state index in [1.807, 2.05) is 31.2 Å². The fourth-order valence-corrected chi connectivity index (χ4v) is 2.70. The third kappa shape index (κ3) is 4.23. The number of thiophene rings is 1. The van der Waals surface area contributed by atoms with Crippen molar-refractivity contribution >= 4 is 22.9 Å². The number of hydrogen-bond acceptors (Lipinski definition) is 4. The molecule has 1 aromatic heterocycles. The lowest BCUT2D eigenvalue weighted by atomic mass is 10.2. The molecule has 0 saturated carbocycles. The number of amides is 1. The molecular formula is C16H20N2O2S. The van der Waals surface area contributed by atoms with Gasteiger partial charge in [0.05, 0.1) is 17.9 Å². The lowest BCUT2D eigenvalue weighted by Crippen LogP contribution is -2.09. The first-order chi connectivity index (χ1) is 10.1. The summed E-state index contributed by atoms with van der Waals surface area (Å²) in [7, 11) is 0. The van der Waals surface area contributed by atoms with Crippen molar-refractivity contribution in [2.24, 2.45) is 5.73 Å². The molecule has 0 aliphatic carbocycles. The molecule has 0 aliphatic heterocycles. The van der Waals surface area contributed by atoms with E-state index in [0.717, 1.165) is 22.7 Å². The molecule has 4 nitrogen and oxygen atoms in total. The van der Waals surface area contributed by atoms with E-state index in [4.69, 9.17) is 10.5 Å². The van der Waals surface area contributed by atoms with Crippen LogP contribution in [0.2, 0.25) is 0 Å². The van der Waals surface area contributed by atoms with Gasteiger partial charge in [-0.25, -0.2) is 0 Å². The Labute approximate surface area is 128 Å². The van der Waals surface area contributed by atoms with Gasteiger partial charge in [0.25, 0.3) is 0 Å². The third-order valence-electron chi connectivity index (χ3n) is 2.99. The molecule has 0 spiro atoms. The van der Waals surface area contributed by atoms with Crippen LogP contribution >= 0.6 is 11.3 Å². The Bertz CT molecular complexity index is 622. The summed E-state index contributed by atoms with van der Waals surface area (Å²) >= 11 is 1.52. The van der Waals surface area contributed by atoms with Crippen molar-refractivity contribution in [3.8, 4) is 5.75 Å². The van der Waals surface area contributed by atoms with Gasteiger partial charge in [0.15, 0.2) is 0 Å². The monoisotopic (exact) mass is 304 g/mol. The largest absolute Gasteiger partial charge is 0.491 e. The fraction of sp³-hybridized carbons (Fsp3) is 0.312. The number of ether oxygens (including phenoxy) is 1. The standard InChI is InChI=1S/C16H20N2O2S/c1-3-6-20-15-7-11(2)4-5-14(15)18-9-13-8-12(10-21-13)16(17)19/h4-5,7-8,10,18H,3,6,9H2,1-2H3,(H2,17,19). The molecule has 2 aromatic rings. The Morgan fingerprint density at radius 3 is 2.86 bits per heavy atom. The van der Waals surface area contributed by atoms with Crippen LogP contribution in [0.5, 0.6) is 5.75 Å². The van der Waals surface area contributed by atoms with Crippen LogP contribution in [0, 0.1) is 6.92 Å². The number of rotatable bonds is 7. The Kier molecular flexibility index (Phi) is 5.22. The quantitative estimate of drug-likeness (QED) is 0.822. The predicted octanol–water partition coefficient (Wildman–Crippen LogP) is 3.56. The van der Waals surface area contributed by atoms with E-state index in [0.29, 0.717) is 18.7 Å². The van der Waals surface area contributed by atoms with Gasteiger partial charge in [0, 0.05) is 16.8 Å². The summed E-state index contributed by atoms with van der Waals surface area (Å²) in [4.78, 5) is 12.1. The highest BCUT2D eigenvalue weighted by Crippen LogP contribution is 2.27. The van der Waals surface area contributed by atoms with Crippen LogP contribution < -0.4 is 15.8 Å². The third-order valence-corrected chi connectivity index (χ3v) is 3.93. The molecule has 1 aromatic carbocycles. The second kappa shape index (κ2) is 7.13. The van der Waals surface area contributed by atoms with Crippen LogP contribution in [0.15, 0.2) is 29.6 Å². The summed E-state index contributed by atoms with van der Waals surface area (Å²) in [6.07, 6.45) is 0.972. The zero-order valence-electron chi connectivity index (χ0n) is 12.3. The molecule has 1 heterocycles. The molecule has 0 atom stereocenters. The molecule has 0 bridgehead atoms. The Morgan fingerprint density at radius 1 is 1.38 bits per heavy atom. The maximum atomic E-state index is 11.1. The van der Waals surface area contributed by atoms with Gasteiger partial charge < -0.3 is 15.8 Å². The first kappa shape index (κ1) is 15.4. The molecule has 21 heavy (non-hydrogen) atoms. The zero-order valence-corrected chi connectivity index (χ0v) is 13.1. The van der Waals surface area contributed by atoms with Crippen molar-refractivity contribution in [3.05, 3.63) is 45.6 Å². The van der Waals surface area contributed by atoms with Gasteiger partial charge >= 0.3 is 0 Å². The summed E-state index contributed by atoms with van der Waals surface area (Å²) < 4.78 is 5.77. The first-order valence-electron chi connectivity index (χ1n) is 6.94. The van der Waals surface area contributed by atoms with Gasteiger partial charge in [-0.2, -0.15) is 0 Å². The highest BCUT2D eigenvalue weighted by Gasteiger charge is 2.07. The molecule has 0 radical (unpaired) electrons. The summed E-state index contributed by atoms with van der Waals surface area (Å²) in [5, 5.41) is 5.13. The molecular weight excluding hydrogens is 284 g/mol. The number of primary amides is 1. The average molecular weight is 304 g/mol. The van der Waals surface area contributed by atoms with E-state index in [1.165, 1.54) is 16.9 Å². The Balaban J connectivity index is 2.06. The van der Waals surface area contributed by atoms with Crippen LogP contribution in [0.25, 0.3) is 0 Å². The van der Waals surface area contributed by atoms with Crippen molar-refractivity contribution in [2.45, 2.75) is 26.8 Å². The van der Waals surface area contributed by atoms with Gasteiger partial charge in [0.2, 0.25) is 5.91 Å². The maximum Gasteiger partial charge on any atom is 0.249 e. The van der Waals surface area contributed by atoms with Gasteiger partial charge in [-0.3, -0.25) is 4.79 Å². The molecule has 2 rings (SSSR count). The van der Waals surface area contributed by atoms with Crippen molar-refractivity contribution in [3.63, 3.8) is 0 Å². The fourth-order valence-electron chi connectivity index (χ4n) is 1.89. The van der Waals surface area contributed by atoms with Crippen LogP contribution in [0.4, 0.5) is 5.69 Å². The number of hydrogen-bond donors (Lipinski definition) is 2. The lowest BCUT2D eigenvalue weighted by Gasteiger charge is -2.13. The predicted molar refractivity (Wildman–Crippen MR) is 87.1 cm³/mol. The zero-order chi connectivity index (χ0) is 15.2. The molecule has 3 N–H and O–H groups in total. The minimum Gasteiger partial charge on any atom is -0.491 e. The number of anilines is 1. The Morgan fingerprint density at radius 2 is 2.19 bits per heavy atom. The van der Waals surface area contributed by atoms with Gasteiger partial charge in [-0.1, -0.05) is 13.0 Å². The molecule has 0 unspecified atom stereocenters. The molecule has 0 saturated heterocycles. The van der Waals surface area contributed by atoms with Crippen molar-refractivity contribution in [1.82, 2.24) is 0 Å². The number of nitrogens with two attached hydrogens (primary N) is 1. The van der Waals surface area contributed by atoms with E-state index in [-0.39, 0.29) is 5.91 Å². The number of benzene rings is 1. The van der Waals surface area contributed by atoms with Crippen LogP contribution in [0.1, 0.15) is 34.1 Å². The van der Waals surface area contributed by atoms with Gasteiger partial charge in [-0.05, 0) is 37.1 Å². The average Bonchev–Trinajstić information content (AvgIpc) is 2.93. The lowest BCUT2D eigenvalue weighted by molar-refractivity contribution is 0.100. The van der Waals surface area contributed by atoms with Gasteiger partial charge in [-0.15, -0.1) is 11.3 Å². The normalized spacial score (nSPS) is 10.4. The number of carbonyl (C=O) groups excluding carboxylic acids is 1. The SMILES string of the molecule is CCCOc1cc(C)ccc1NCc1cc(C(N)=O)cs1. The molecule has 0 fully saturated rings. The molecule has 1 amide bonds. The van der Waals surface area contributed by atoms with E-state index in [9.17, 15) is 4.79 Å². The maximum absolute atomic E-state index is 11.1. The topological polar surface area (TPSA) is 64.3 Å². The summed E-state index contributed by atoms with van der Waals surface area (Å²) in [5.41, 5.74) is 7.94. The number of aryl methyl sites for hydroxylation is 1. The van der Waals surface area contributed by atoms with E-state index in [1.54, 1.807) is 5.38 Å². The second-order valence-corrected chi connectivity index (χ2v) is 5.86. The van der Waals surface area contributed by atoms with Crippen molar-refractivity contribution in [2.75, 3.05) is 11.9 Å². The van der Waals surface area contributed by atoms with Crippen molar-refractivity contribution < 1.29 is 9.53 Å². The molecule has 5 heteroatoms. The molecule has 112 valence electrons. The minimum absolute atomic E-state index is 0.389. The van der Waals surface area contributed by atoms with E-state index < -0.39 is 0 Å². The summed E-state index contributed by atoms with van der Waals surface area (Å²) in [6, 6.07) is 7.91. The van der Waals surface area contributed by atoms with Crippen LogP contribution in [0.3, 0.4) is 0 Å². The highest BCUT2D eigenvalue weighted by atomic mass is 32.1. The summed E-state index contributed by atoms with van der Waals surface area (Å²) in [5.74, 6) is 0.475. The minimum atomic E-state index is -0.389. The van der Waals surface area contributed by atoms with E-state index >= 15 is 0 Å². The molecule has 0 aliphatic rings. The number of nitrogens with one attached hydrogen (secondary N) is 1. The summed E-state index contributed by atoms with van der Waals surface area (Å²) in [6.45, 7) is 5.47. The smallest absolute Gasteiger partial charge is 0.249 e. The second-order valence-electron chi connectivity index (χ2n) is 4.87. The van der Waals surface area contributed by atoms with Gasteiger partial charge in [0.1, 0.15) is 5.75 Å². The van der Waals surface area contributed by atoms with E-state index in [2.05, 4.69) is 12.2 Å². The van der Waals surface area contributed by atoms with Crippen LogP contribution in [-0.4, -0.2) is 12.5 Å². The van der Waals surface area contributed by atoms with Crippen molar-refractivity contribution in [1.29, 1.82) is 0 Å². The number of carbonyl (C=O) groups is 1. The highest BCUT2D eigenvalue weighted by molar-refractivity contribution is 7.10. The Hall–Kier alpha value is -2.01. The van der Waals surface area contributed by atoms with Crippen LogP contribution in [-0.2, 0) is 6.54 Å².